The molecule has 8 heteroatoms. The summed E-state index contributed by atoms with van der Waals surface area (Å²) in [4.78, 5) is 0. The van der Waals surface area contributed by atoms with Crippen LogP contribution in [-0.2, 0) is 23.1 Å². The summed E-state index contributed by atoms with van der Waals surface area (Å²) in [5.41, 5.74) is 1.81. The maximum atomic E-state index is 11.0. The molecule has 2 aromatic rings. The van der Waals surface area contributed by atoms with Crippen LogP contribution in [0, 0.1) is 13.8 Å². The quantitative estimate of drug-likeness (QED) is 0.841. The Morgan fingerprint density at radius 3 is 2.58 bits per heavy atom. The van der Waals surface area contributed by atoms with Crippen molar-refractivity contribution in [1.82, 2.24) is 10.5 Å². The third kappa shape index (κ3) is 3.22. The summed E-state index contributed by atoms with van der Waals surface area (Å²) in [6.45, 7) is 4.65. The highest BCUT2D eigenvalue weighted by atomic mass is 32.2. The Kier molecular flexibility index (Phi) is 3.74. The smallest absolute Gasteiger partial charge is 0.271 e. The molecular formula is C11H15N3O4S. The third-order valence-corrected chi connectivity index (χ3v) is 3.48. The Bertz CT molecular complexity index is 652. The summed E-state index contributed by atoms with van der Waals surface area (Å²) in [6.07, 6.45) is 0. The second-order valence-electron chi connectivity index (χ2n) is 4.17. The highest BCUT2D eigenvalue weighted by Crippen LogP contribution is 2.14. The summed E-state index contributed by atoms with van der Waals surface area (Å²) in [6, 6.07) is 2.91. The molecule has 0 aromatic carbocycles. The lowest BCUT2D eigenvalue weighted by atomic mass is 10.2. The lowest BCUT2D eigenvalue weighted by Crippen LogP contribution is -2.13. The minimum absolute atomic E-state index is 0.235. The van der Waals surface area contributed by atoms with E-state index in [2.05, 4.69) is 10.5 Å². The summed E-state index contributed by atoms with van der Waals surface area (Å²) in [5, 5.41) is 11.7. The predicted molar refractivity (Wildman–Crippen MR) is 66.6 cm³/mol. The van der Waals surface area contributed by atoms with Gasteiger partial charge in [-0.25, -0.2) is 13.6 Å². The Morgan fingerprint density at radius 1 is 1.32 bits per heavy atom. The van der Waals surface area contributed by atoms with Gasteiger partial charge >= 0.3 is 0 Å². The van der Waals surface area contributed by atoms with Gasteiger partial charge < -0.3 is 14.3 Å². The Labute approximate surface area is 110 Å². The van der Waals surface area contributed by atoms with Gasteiger partial charge in [-0.1, -0.05) is 5.16 Å². The number of primary sulfonamides is 1. The molecule has 0 saturated carbocycles. The van der Waals surface area contributed by atoms with Gasteiger partial charge in [0.15, 0.2) is 0 Å². The molecule has 0 radical (unpaired) electrons. The van der Waals surface area contributed by atoms with E-state index in [0.717, 1.165) is 17.0 Å². The van der Waals surface area contributed by atoms with Crippen molar-refractivity contribution in [2.24, 2.45) is 5.14 Å². The monoisotopic (exact) mass is 285 g/mol. The first kappa shape index (κ1) is 13.8. The predicted octanol–water partition coefficient (Wildman–Crippen LogP) is 0.822. The van der Waals surface area contributed by atoms with Crippen molar-refractivity contribution in [3.63, 3.8) is 0 Å². The zero-order valence-electron chi connectivity index (χ0n) is 10.6. The van der Waals surface area contributed by atoms with Crippen molar-refractivity contribution in [1.29, 1.82) is 0 Å². The van der Waals surface area contributed by atoms with E-state index in [0.29, 0.717) is 18.8 Å². The van der Waals surface area contributed by atoms with Crippen LogP contribution >= 0.6 is 0 Å². The number of hydrogen-bond donors (Lipinski definition) is 2. The summed E-state index contributed by atoms with van der Waals surface area (Å²) < 4.78 is 32.2. The molecule has 0 fully saturated rings. The van der Waals surface area contributed by atoms with Crippen LogP contribution in [0.15, 0.2) is 26.2 Å². The fourth-order valence-corrected chi connectivity index (χ4v) is 2.15. The Hall–Kier alpha value is -1.64. The molecule has 2 aromatic heterocycles. The summed E-state index contributed by atoms with van der Waals surface area (Å²) in [5.74, 6) is 1.26. The maximum Gasteiger partial charge on any atom is 0.271 e. The van der Waals surface area contributed by atoms with Crippen LogP contribution in [-0.4, -0.2) is 13.6 Å². The van der Waals surface area contributed by atoms with Crippen molar-refractivity contribution in [3.05, 3.63) is 34.9 Å². The number of nitrogens with two attached hydrogens (primary N) is 1. The van der Waals surface area contributed by atoms with E-state index in [1.807, 2.05) is 13.8 Å². The van der Waals surface area contributed by atoms with Gasteiger partial charge in [-0.15, -0.1) is 0 Å². The molecule has 0 spiro atoms. The highest BCUT2D eigenvalue weighted by molar-refractivity contribution is 7.89. The van der Waals surface area contributed by atoms with Crippen molar-refractivity contribution in [2.45, 2.75) is 32.0 Å². The number of sulfonamides is 1. The first-order valence-electron chi connectivity index (χ1n) is 5.62. The lowest BCUT2D eigenvalue weighted by Gasteiger charge is -2.02. The van der Waals surface area contributed by atoms with Crippen LogP contribution in [0.3, 0.4) is 0 Å². The minimum Gasteiger partial charge on any atom is -0.447 e. The van der Waals surface area contributed by atoms with Crippen LogP contribution in [0.4, 0.5) is 0 Å². The highest BCUT2D eigenvalue weighted by Gasteiger charge is 2.13. The number of hydrogen-bond acceptors (Lipinski definition) is 6. The van der Waals surface area contributed by atoms with Gasteiger partial charge in [-0.2, -0.15) is 0 Å². The molecule has 7 nitrogen and oxygen atoms in total. The van der Waals surface area contributed by atoms with Crippen LogP contribution < -0.4 is 10.5 Å². The second-order valence-corrected chi connectivity index (χ2v) is 5.66. The fourth-order valence-electron chi connectivity index (χ4n) is 1.67. The Morgan fingerprint density at radius 2 is 2.05 bits per heavy atom. The molecule has 2 rings (SSSR count). The van der Waals surface area contributed by atoms with Gasteiger partial charge in [0, 0.05) is 12.1 Å². The summed E-state index contributed by atoms with van der Waals surface area (Å²) in [7, 11) is -3.78. The van der Waals surface area contributed by atoms with Gasteiger partial charge in [-0.3, -0.25) is 0 Å². The number of rotatable bonds is 5. The number of nitrogens with one attached hydrogen (secondary N) is 1. The number of furan rings is 1. The van der Waals surface area contributed by atoms with Crippen molar-refractivity contribution in [2.75, 3.05) is 0 Å². The largest absolute Gasteiger partial charge is 0.447 e. The molecule has 0 aliphatic heterocycles. The van der Waals surface area contributed by atoms with Crippen LogP contribution in [0.5, 0.6) is 0 Å². The molecule has 0 bridgehead atoms. The lowest BCUT2D eigenvalue weighted by molar-refractivity contribution is 0.390. The average Bonchev–Trinajstić information content (AvgIpc) is 2.90. The van der Waals surface area contributed by atoms with Crippen molar-refractivity contribution in [3.8, 4) is 0 Å². The topological polar surface area (TPSA) is 111 Å². The van der Waals surface area contributed by atoms with E-state index >= 15 is 0 Å². The van der Waals surface area contributed by atoms with E-state index in [-0.39, 0.29) is 5.09 Å². The van der Waals surface area contributed by atoms with Crippen molar-refractivity contribution >= 4 is 10.0 Å². The van der Waals surface area contributed by atoms with Gasteiger partial charge in [0.2, 0.25) is 5.09 Å². The Balaban J connectivity index is 1.95. The van der Waals surface area contributed by atoms with E-state index in [1.54, 1.807) is 6.07 Å². The molecule has 0 aliphatic rings. The molecular weight excluding hydrogens is 270 g/mol. The van der Waals surface area contributed by atoms with E-state index in [9.17, 15) is 8.42 Å². The van der Waals surface area contributed by atoms with Crippen molar-refractivity contribution < 1.29 is 17.4 Å². The van der Waals surface area contributed by atoms with Gasteiger partial charge in [0.1, 0.15) is 11.5 Å². The number of aryl methyl sites for hydroxylation is 2. The molecule has 0 amide bonds. The van der Waals surface area contributed by atoms with E-state index in [1.165, 1.54) is 6.07 Å². The molecule has 19 heavy (non-hydrogen) atoms. The first-order chi connectivity index (χ1) is 8.88. The number of aromatic nitrogens is 1. The van der Waals surface area contributed by atoms with E-state index in [4.69, 9.17) is 14.1 Å². The fraction of sp³-hybridized carbons (Fsp3) is 0.364. The molecule has 0 atom stereocenters. The number of nitrogens with zero attached hydrogens (tertiary/aromatic N) is 1. The average molecular weight is 285 g/mol. The minimum atomic E-state index is -3.78. The van der Waals surface area contributed by atoms with Gasteiger partial charge in [0.05, 0.1) is 12.2 Å². The molecule has 2 heterocycles. The first-order valence-corrected chi connectivity index (χ1v) is 7.16. The van der Waals surface area contributed by atoms with Crippen LogP contribution in [0.2, 0.25) is 0 Å². The second kappa shape index (κ2) is 5.16. The van der Waals surface area contributed by atoms with Crippen LogP contribution in [0.25, 0.3) is 0 Å². The van der Waals surface area contributed by atoms with Crippen LogP contribution in [0.1, 0.15) is 22.8 Å². The standard InChI is InChI=1S/C11H15N3O4S/c1-7-10(8(2)18-14-7)6-13-5-9-3-4-11(17-9)19(12,15)16/h3-4,13H,5-6H2,1-2H3,(H2,12,15,16). The third-order valence-electron chi connectivity index (χ3n) is 2.70. The van der Waals surface area contributed by atoms with E-state index < -0.39 is 10.0 Å². The maximum absolute atomic E-state index is 11.0. The molecule has 0 aliphatic carbocycles. The molecule has 0 saturated heterocycles. The summed E-state index contributed by atoms with van der Waals surface area (Å²) >= 11 is 0. The molecule has 3 N–H and O–H groups in total. The normalized spacial score (nSPS) is 11.9. The van der Waals surface area contributed by atoms with Gasteiger partial charge in [-0.05, 0) is 26.0 Å². The SMILES string of the molecule is Cc1noc(C)c1CNCc1ccc(S(N)(=O)=O)o1. The molecule has 0 unspecified atom stereocenters. The zero-order valence-corrected chi connectivity index (χ0v) is 11.5. The zero-order chi connectivity index (χ0) is 14.0. The molecule has 104 valence electrons. The van der Waals surface area contributed by atoms with Gasteiger partial charge in [0.25, 0.3) is 10.0 Å².